The van der Waals surface area contributed by atoms with E-state index in [9.17, 15) is 0 Å². The van der Waals surface area contributed by atoms with Crippen LogP contribution in [-0.2, 0) is 0 Å². The summed E-state index contributed by atoms with van der Waals surface area (Å²) in [6, 6.07) is 12.0. The largest absolute Gasteiger partial charge is 0.439 e. The van der Waals surface area contributed by atoms with Crippen molar-refractivity contribution in [3.05, 3.63) is 47.5 Å². The fourth-order valence-electron chi connectivity index (χ4n) is 1.93. The molecule has 0 aliphatic rings. The van der Waals surface area contributed by atoms with E-state index in [0.29, 0.717) is 11.8 Å². The molecule has 1 aromatic carbocycles. The summed E-state index contributed by atoms with van der Waals surface area (Å²) in [4.78, 5) is 4.38. The molecule has 0 saturated carbocycles. The van der Waals surface area contributed by atoms with Crippen LogP contribution in [0.2, 0.25) is 0 Å². The molecule has 0 atom stereocenters. The fraction of sp³-hybridized carbons (Fsp3) is 0.312. The lowest BCUT2D eigenvalue weighted by Crippen LogP contribution is -1.98. The van der Waals surface area contributed by atoms with Crippen molar-refractivity contribution in [3.63, 3.8) is 0 Å². The first-order valence-corrected chi connectivity index (χ1v) is 6.53. The second-order valence-electron chi connectivity index (χ2n) is 4.91. The van der Waals surface area contributed by atoms with Gasteiger partial charge in [-0.2, -0.15) is 4.98 Å². The molecule has 1 aromatic heterocycles. The normalized spacial score (nSPS) is 10.6. The molecule has 2 rings (SSSR count). The number of nitrogens with zero attached hydrogens (tertiary/aromatic N) is 1. The molecule has 0 saturated heterocycles. The first kappa shape index (κ1) is 13.4. The minimum absolute atomic E-state index is 0.420. The molecular weight excluding hydrogens is 236 g/mol. The van der Waals surface area contributed by atoms with Crippen LogP contribution in [0.25, 0.3) is 0 Å². The van der Waals surface area contributed by atoms with Gasteiger partial charge in [0.05, 0.1) is 0 Å². The molecule has 3 heteroatoms. The topological polar surface area (TPSA) is 34.1 Å². The van der Waals surface area contributed by atoms with Crippen LogP contribution in [0.4, 0.5) is 5.82 Å². The maximum absolute atomic E-state index is 5.94. The van der Waals surface area contributed by atoms with Crippen molar-refractivity contribution in [1.82, 2.24) is 4.98 Å². The Morgan fingerprint density at radius 1 is 1.16 bits per heavy atom. The lowest BCUT2D eigenvalue weighted by Gasteiger charge is -2.14. The quantitative estimate of drug-likeness (QED) is 0.883. The highest BCUT2D eigenvalue weighted by Crippen LogP contribution is 2.31. The van der Waals surface area contributed by atoms with Gasteiger partial charge in [-0.15, -0.1) is 0 Å². The molecule has 100 valence electrons. The monoisotopic (exact) mass is 256 g/mol. The van der Waals surface area contributed by atoms with Crippen molar-refractivity contribution >= 4 is 5.82 Å². The molecule has 2 aromatic rings. The molecule has 19 heavy (non-hydrogen) atoms. The number of pyridine rings is 1. The van der Waals surface area contributed by atoms with Crippen LogP contribution < -0.4 is 10.1 Å². The Morgan fingerprint density at radius 3 is 2.63 bits per heavy atom. The Labute approximate surface area is 114 Å². The van der Waals surface area contributed by atoms with Gasteiger partial charge in [0.1, 0.15) is 11.6 Å². The van der Waals surface area contributed by atoms with E-state index >= 15 is 0 Å². The number of anilines is 1. The van der Waals surface area contributed by atoms with Crippen LogP contribution in [0, 0.1) is 6.92 Å². The zero-order valence-corrected chi connectivity index (χ0v) is 11.9. The van der Waals surface area contributed by atoms with E-state index in [1.807, 2.05) is 25.2 Å². The summed E-state index contributed by atoms with van der Waals surface area (Å²) < 4.78 is 5.94. The third-order valence-corrected chi connectivity index (χ3v) is 2.99. The number of rotatable bonds is 4. The van der Waals surface area contributed by atoms with Crippen molar-refractivity contribution < 1.29 is 4.74 Å². The molecule has 0 aliphatic carbocycles. The first-order chi connectivity index (χ1) is 9.10. The van der Waals surface area contributed by atoms with Crippen molar-refractivity contribution in [2.75, 3.05) is 12.4 Å². The Balaban J connectivity index is 2.33. The molecule has 0 fully saturated rings. The molecule has 1 heterocycles. The predicted octanol–water partition coefficient (Wildman–Crippen LogP) is 4.35. The number of ether oxygens (including phenoxy) is 1. The maximum Gasteiger partial charge on any atom is 0.221 e. The third-order valence-electron chi connectivity index (χ3n) is 2.99. The number of hydrogen-bond donors (Lipinski definition) is 1. The van der Waals surface area contributed by atoms with E-state index in [2.05, 4.69) is 49.3 Å². The highest BCUT2D eigenvalue weighted by molar-refractivity contribution is 5.43. The highest BCUT2D eigenvalue weighted by Gasteiger charge is 2.09. The summed E-state index contributed by atoms with van der Waals surface area (Å²) in [6.45, 7) is 6.39. The molecule has 0 unspecified atom stereocenters. The van der Waals surface area contributed by atoms with Crippen molar-refractivity contribution in [1.29, 1.82) is 0 Å². The second kappa shape index (κ2) is 5.74. The predicted molar refractivity (Wildman–Crippen MR) is 79.1 cm³/mol. The average Bonchev–Trinajstić information content (AvgIpc) is 2.38. The second-order valence-corrected chi connectivity index (χ2v) is 4.91. The summed E-state index contributed by atoms with van der Waals surface area (Å²) in [5.41, 5.74) is 2.38. The Morgan fingerprint density at radius 2 is 1.95 bits per heavy atom. The number of benzene rings is 1. The standard InChI is InChI=1S/C16H20N2O/c1-11(2)13-9-8-12(3)10-14(13)19-16-7-5-6-15(17-4)18-16/h5-11H,1-4H3,(H,17,18). The number of hydrogen-bond acceptors (Lipinski definition) is 3. The van der Waals surface area contributed by atoms with Gasteiger partial charge in [-0.25, -0.2) is 0 Å². The zero-order valence-electron chi connectivity index (χ0n) is 11.9. The summed E-state index contributed by atoms with van der Waals surface area (Å²) in [5, 5.41) is 3.01. The van der Waals surface area contributed by atoms with Crippen molar-refractivity contribution in [2.45, 2.75) is 26.7 Å². The van der Waals surface area contributed by atoms with Gasteiger partial charge in [0.15, 0.2) is 0 Å². The Kier molecular flexibility index (Phi) is 4.05. The minimum Gasteiger partial charge on any atom is -0.439 e. The molecule has 1 N–H and O–H groups in total. The van der Waals surface area contributed by atoms with Gasteiger partial charge in [0.25, 0.3) is 0 Å². The van der Waals surface area contributed by atoms with Crippen molar-refractivity contribution in [2.24, 2.45) is 0 Å². The van der Waals surface area contributed by atoms with Gasteiger partial charge in [0.2, 0.25) is 5.88 Å². The lowest BCUT2D eigenvalue weighted by molar-refractivity contribution is 0.455. The zero-order chi connectivity index (χ0) is 13.8. The van der Waals surface area contributed by atoms with Crippen LogP contribution in [-0.4, -0.2) is 12.0 Å². The smallest absolute Gasteiger partial charge is 0.221 e. The van der Waals surface area contributed by atoms with Crippen molar-refractivity contribution in [3.8, 4) is 11.6 Å². The summed E-state index contributed by atoms with van der Waals surface area (Å²) in [5.74, 6) is 2.72. The van der Waals surface area contributed by atoms with Crippen LogP contribution in [0.5, 0.6) is 11.6 Å². The van der Waals surface area contributed by atoms with E-state index in [1.165, 1.54) is 11.1 Å². The highest BCUT2D eigenvalue weighted by atomic mass is 16.5. The summed E-state index contributed by atoms with van der Waals surface area (Å²) in [6.07, 6.45) is 0. The molecule has 0 amide bonds. The Bertz CT molecular complexity index is 564. The van der Waals surface area contributed by atoms with E-state index in [4.69, 9.17) is 4.74 Å². The summed E-state index contributed by atoms with van der Waals surface area (Å²) in [7, 11) is 1.85. The van der Waals surface area contributed by atoms with Gasteiger partial charge >= 0.3 is 0 Å². The number of aromatic nitrogens is 1. The number of aryl methyl sites for hydroxylation is 1. The van der Waals surface area contributed by atoms with Crippen LogP contribution in [0.3, 0.4) is 0 Å². The van der Waals surface area contributed by atoms with Crippen LogP contribution >= 0.6 is 0 Å². The van der Waals surface area contributed by atoms with E-state index < -0.39 is 0 Å². The average molecular weight is 256 g/mol. The first-order valence-electron chi connectivity index (χ1n) is 6.53. The molecule has 0 radical (unpaired) electrons. The van der Waals surface area contributed by atoms with Crippen LogP contribution in [0.1, 0.15) is 30.9 Å². The lowest BCUT2D eigenvalue weighted by atomic mass is 10.0. The summed E-state index contributed by atoms with van der Waals surface area (Å²) >= 11 is 0. The minimum atomic E-state index is 0.420. The van der Waals surface area contributed by atoms with Crippen LogP contribution in [0.15, 0.2) is 36.4 Å². The molecular formula is C16H20N2O. The molecule has 0 bridgehead atoms. The Hall–Kier alpha value is -2.03. The third kappa shape index (κ3) is 3.25. The van der Waals surface area contributed by atoms with Gasteiger partial charge in [-0.1, -0.05) is 32.0 Å². The molecule has 0 aliphatic heterocycles. The fourth-order valence-corrected chi connectivity index (χ4v) is 1.93. The van der Waals surface area contributed by atoms with E-state index in [1.54, 1.807) is 0 Å². The van der Waals surface area contributed by atoms with Gasteiger partial charge in [0, 0.05) is 13.1 Å². The maximum atomic E-state index is 5.94. The van der Waals surface area contributed by atoms with Gasteiger partial charge in [-0.3, -0.25) is 0 Å². The van der Waals surface area contributed by atoms with Gasteiger partial charge < -0.3 is 10.1 Å². The molecule has 3 nitrogen and oxygen atoms in total. The molecule has 0 spiro atoms. The van der Waals surface area contributed by atoms with E-state index in [-0.39, 0.29) is 0 Å². The SMILES string of the molecule is CNc1cccc(Oc2cc(C)ccc2C(C)C)n1. The number of nitrogens with one attached hydrogen (secondary N) is 1. The van der Waals surface area contributed by atoms with Gasteiger partial charge in [-0.05, 0) is 36.1 Å². The van der Waals surface area contributed by atoms with E-state index in [0.717, 1.165) is 11.6 Å².